The van der Waals surface area contributed by atoms with Crippen LogP contribution in [0.1, 0.15) is 5.56 Å². The molecule has 258 valence electrons. The molecule has 5 rings (SSSR count). The Hall–Kier alpha value is -2.37. The number of aliphatic hydroxyl groups is 10. The van der Waals surface area contributed by atoms with Crippen molar-refractivity contribution in [3.05, 3.63) is 40.2 Å². The van der Waals surface area contributed by atoms with Crippen LogP contribution in [0, 0.1) is 6.92 Å². The molecule has 0 radical (unpaired) electrons. The highest BCUT2D eigenvalue weighted by molar-refractivity contribution is 5.81. The zero-order valence-corrected chi connectivity index (χ0v) is 24.3. The highest BCUT2D eigenvalue weighted by atomic mass is 16.7. The number of rotatable bonds is 9. The molecule has 0 unspecified atom stereocenters. The third-order valence-electron chi connectivity index (χ3n) is 8.21. The summed E-state index contributed by atoms with van der Waals surface area (Å²) in [6, 6.07) is 5.83. The van der Waals surface area contributed by atoms with E-state index in [1.165, 1.54) is 18.2 Å². The fourth-order valence-corrected chi connectivity index (χ4v) is 5.44. The average molecular weight is 663 g/mol. The van der Waals surface area contributed by atoms with E-state index >= 15 is 0 Å². The van der Waals surface area contributed by atoms with Crippen LogP contribution in [0.5, 0.6) is 5.75 Å². The van der Waals surface area contributed by atoms with E-state index in [4.69, 9.17) is 32.8 Å². The van der Waals surface area contributed by atoms with Crippen LogP contribution in [-0.4, -0.2) is 163 Å². The maximum atomic E-state index is 11.8. The smallest absolute Gasteiger partial charge is 0.336 e. The Balaban J connectivity index is 1.21. The number of ether oxygens (including phenoxy) is 6. The first-order valence-electron chi connectivity index (χ1n) is 14.4. The molecule has 10 N–H and O–H groups in total. The Morgan fingerprint density at radius 3 is 1.65 bits per heavy atom. The van der Waals surface area contributed by atoms with Gasteiger partial charge in [0.05, 0.1) is 19.8 Å². The van der Waals surface area contributed by atoms with Gasteiger partial charge in [0.1, 0.15) is 84.6 Å². The van der Waals surface area contributed by atoms with Gasteiger partial charge in [-0.2, -0.15) is 0 Å². The second kappa shape index (κ2) is 14.4. The van der Waals surface area contributed by atoms with Crippen molar-refractivity contribution in [1.29, 1.82) is 0 Å². The highest BCUT2D eigenvalue weighted by Gasteiger charge is 2.49. The number of aryl methyl sites for hydroxylation is 1. The third-order valence-corrected chi connectivity index (χ3v) is 8.21. The Morgan fingerprint density at radius 1 is 0.630 bits per heavy atom. The predicted octanol–water partition coefficient (Wildman–Crippen LogP) is -5.07. The second-order valence-electron chi connectivity index (χ2n) is 11.4. The molecule has 4 heterocycles. The summed E-state index contributed by atoms with van der Waals surface area (Å²) in [4.78, 5) is 11.8. The Bertz CT molecular complexity index is 1370. The van der Waals surface area contributed by atoms with Gasteiger partial charge in [-0.25, -0.2) is 4.79 Å². The molecule has 15 atom stereocenters. The standard InChI is InChI=1S/C28H38O18/c1-9-4-16(30)43-12-5-10(2-3-11(9)12)42-28-25(39)22(36)19(33)15(46-28)8-41-27-24(38)21(35)18(32)14(45-27)7-40-26-23(37)20(34)17(31)13(6-29)44-26/h2-5,13-15,17-29,31-39H,6-8H2,1H3/t13-,14-,15-,17-,18-,19-,20+,21+,22+,23+,24-,25+,26-,27-,28-/m1/s1. The maximum absolute atomic E-state index is 11.8. The fraction of sp³-hybridized carbons (Fsp3) is 0.679. The Kier molecular flexibility index (Phi) is 10.9. The first kappa shape index (κ1) is 35.0. The van der Waals surface area contributed by atoms with E-state index in [9.17, 15) is 55.9 Å². The molecular weight excluding hydrogens is 624 g/mol. The van der Waals surface area contributed by atoms with Gasteiger partial charge in [-0.1, -0.05) is 0 Å². The van der Waals surface area contributed by atoms with Gasteiger partial charge in [-0.15, -0.1) is 0 Å². The third kappa shape index (κ3) is 7.06. The van der Waals surface area contributed by atoms with Crippen molar-refractivity contribution in [3.63, 3.8) is 0 Å². The topological polar surface area (TPSA) is 288 Å². The molecule has 3 fully saturated rings. The minimum atomic E-state index is -1.83. The van der Waals surface area contributed by atoms with Crippen molar-refractivity contribution in [2.75, 3.05) is 19.8 Å². The minimum Gasteiger partial charge on any atom is -0.462 e. The molecule has 0 saturated carbocycles. The maximum Gasteiger partial charge on any atom is 0.336 e. The molecule has 0 aliphatic carbocycles. The summed E-state index contributed by atoms with van der Waals surface area (Å²) in [6.07, 6.45) is -24.6. The summed E-state index contributed by atoms with van der Waals surface area (Å²) < 4.78 is 38.2. The van der Waals surface area contributed by atoms with E-state index < -0.39 is 118 Å². The van der Waals surface area contributed by atoms with Crippen molar-refractivity contribution in [1.82, 2.24) is 0 Å². The lowest BCUT2D eigenvalue weighted by molar-refractivity contribution is -0.339. The van der Waals surface area contributed by atoms with Crippen LogP contribution in [0.3, 0.4) is 0 Å². The monoisotopic (exact) mass is 662 g/mol. The van der Waals surface area contributed by atoms with Gasteiger partial charge in [-0.3, -0.25) is 0 Å². The summed E-state index contributed by atoms with van der Waals surface area (Å²) in [5, 5.41) is 103. The largest absolute Gasteiger partial charge is 0.462 e. The Labute approximate surface area is 260 Å². The predicted molar refractivity (Wildman–Crippen MR) is 147 cm³/mol. The molecule has 3 saturated heterocycles. The van der Waals surface area contributed by atoms with E-state index in [1.54, 1.807) is 13.0 Å². The van der Waals surface area contributed by atoms with Gasteiger partial charge < -0.3 is 83.9 Å². The lowest BCUT2D eigenvalue weighted by Gasteiger charge is -2.43. The van der Waals surface area contributed by atoms with Crippen molar-refractivity contribution in [2.24, 2.45) is 0 Å². The number of fused-ring (bicyclic) bond motifs is 1. The Morgan fingerprint density at radius 2 is 1.11 bits per heavy atom. The van der Waals surface area contributed by atoms with Crippen LogP contribution in [0.4, 0.5) is 0 Å². The molecule has 1 aromatic heterocycles. The van der Waals surface area contributed by atoms with Crippen molar-refractivity contribution < 1.29 is 83.9 Å². The van der Waals surface area contributed by atoms with E-state index in [-0.39, 0.29) is 11.3 Å². The summed E-state index contributed by atoms with van der Waals surface area (Å²) in [5.74, 6) is 0.0962. The average Bonchev–Trinajstić information content (AvgIpc) is 3.03. The van der Waals surface area contributed by atoms with Crippen LogP contribution in [-0.2, 0) is 23.7 Å². The fourth-order valence-electron chi connectivity index (χ4n) is 5.44. The molecular formula is C28H38O18. The van der Waals surface area contributed by atoms with Crippen LogP contribution in [0.25, 0.3) is 11.0 Å². The van der Waals surface area contributed by atoms with Gasteiger partial charge >= 0.3 is 5.63 Å². The van der Waals surface area contributed by atoms with Gasteiger partial charge in [-0.05, 0) is 24.6 Å². The summed E-state index contributed by atoms with van der Waals surface area (Å²) >= 11 is 0. The molecule has 0 amide bonds. The van der Waals surface area contributed by atoms with Crippen LogP contribution < -0.4 is 10.4 Å². The van der Waals surface area contributed by atoms with E-state index in [1.807, 2.05) is 0 Å². The molecule has 2 aromatic rings. The zero-order chi connectivity index (χ0) is 33.4. The molecule has 0 bridgehead atoms. The van der Waals surface area contributed by atoms with Gasteiger partial charge in [0.25, 0.3) is 0 Å². The number of aliphatic hydroxyl groups excluding tert-OH is 10. The number of benzene rings is 1. The highest BCUT2D eigenvalue weighted by Crippen LogP contribution is 2.30. The van der Waals surface area contributed by atoms with E-state index in [2.05, 4.69) is 0 Å². The normalized spacial score (nSPS) is 41.8. The lowest BCUT2D eigenvalue weighted by Crippen LogP contribution is -2.63. The van der Waals surface area contributed by atoms with E-state index in [0.717, 1.165) is 0 Å². The molecule has 3 aliphatic heterocycles. The summed E-state index contributed by atoms with van der Waals surface area (Å²) in [6.45, 7) is -0.178. The molecule has 18 heteroatoms. The second-order valence-corrected chi connectivity index (χ2v) is 11.4. The zero-order valence-electron chi connectivity index (χ0n) is 24.3. The quantitative estimate of drug-likeness (QED) is 0.112. The van der Waals surface area contributed by atoms with Gasteiger partial charge in [0.2, 0.25) is 6.29 Å². The first-order chi connectivity index (χ1) is 21.8. The summed E-state index contributed by atoms with van der Waals surface area (Å²) in [5.41, 5.74) is 0.275. The number of hydrogen-bond acceptors (Lipinski definition) is 18. The molecule has 0 spiro atoms. The molecule has 1 aromatic carbocycles. The van der Waals surface area contributed by atoms with Crippen LogP contribution >= 0.6 is 0 Å². The molecule has 46 heavy (non-hydrogen) atoms. The van der Waals surface area contributed by atoms with Gasteiger partial charge in [0, 0.05) is 17.5 Å². The van der Waals surface area contributed by atoms with Crippen LogP contribution in [0.15, 0.2) is 33.5 Å². The van der Waals surface area contributed by atoms with Gasteiger partial charge in [0.15, 0.2) is 12.6 Å². The SMILES string of the molecule is Cc1cc(=O)oc2cc(O[C@@H]3O[C@H](CO[C@@H]4O[C@H](CO[C@@H]5O[C@H](CO)[C@@H](O)[C@H](O)[C@@H]5O)[C@@H](O)[C@H](O)[C@H]4O)[C@@H](O)[C@H](O)[C@@H]3O)ccc12. The van der Waals surface area contributed by atoms with E-state index in [0.29, 0.717) is 10.9 Å². The molecule has 3 aliphatic rings. The van der Waals surface area contributed by atoms with Crippen molar-refractivity contribution in [3.8, 4) is 5.75 Å². The molecule has 18 nitrogen and oxygen atoms in total. The van der Waals surface area contributed by atoms with Crippen LogP contribution in [0.2, 0.25) is 0 Å². The summed E-state index contributed by atoms with van der Waals surface area (Å²) in [7, 11) is 0. The first-order valence-corrected chi connectivity index (χ1v) is 14.4. The number of hydrogen-bond donors (Lipinski definition) is 10. The van der Waals surface area contributed by atoms with Crippen molar-refractivity contribution in [2.45, 2.75) is 99.0 Å². The minimum absolute atomic E-state index is 0.0962. The van der Waals surface area contributed by atoms with Crippen molar-refractivity contribution >= 4 is 11.0 Å². The lowest BCUT2D eigenvalue weighted by atomic mass is 9.98.